The maximum absolute atomic E-state index is 12.1. The molecule has 0 radical (unpaired) electrons. The van der Waals surface area contributed by atoms with Gasteiger partial charge in [-0.3, -0.25) is 4.79 Å². The highest BCUT2D eigenvalue weighted by Gasteiger charge is 2.34. The van der Waals surface area contributed by atoms with Gasteiger partial charge in [0.2, 0.25) is 10.0 Å². The molecule has 2 fully saturated rings. The number of fused-ring (bicyclic) bond motifs is 1. The van der Waals surface area contributed by atoms with E-state index in [2.05, 4.69) is 30.4 Å². The Morgan fingerprint density at radius 2 is 2.03 bits per heavy atom. The molecule has 34 heavy (non-hydrogen) atoms. The first-order valence-electron chi connectivity index (χ1n) is 11.7. The zero-order valence-electron chi connectivity index (χ0n) is 19.3. The molecule has 1 aromatic carbocycles. The molecule has 5 rings (SSSR count). The number of benzene rings is 1. The molecule has 1 saturated carbocycles. The first-order chi connectivity index (χ1) is 16.3. The molecule has 3 N–H and O–H groups in total. The molecule has 2 aromatic heterocycles. The number of nitrogens with zero attached hydrogens (tertiary/aromatic N) is 4. The monoisotopic (exact) mass is 482 g/mol. The van der Waals surface area contributed by atoms with Crippen LogP contribution in [0.25, 0.3) is 22.2 Å². The first kappa shape index (κ1) is 22.9. The summed E-state index contributed by atoms with van der Waals surface area (Å²) in [4.78, 5) is 22.5. The molecule has 2 aliphatic rings. The van der Waals surface area contributed by atoms with Crippen LogP contribution >= 0.6 is 0 Å². The largest absolute Gasteiger partial charge is 0.383 e. The summed E-state index contributed by atoms with van der Waals surface area (Å²) < 4.78 is 28.8. The molecule has 3 aromatic rings. The Balaban J connectivity index is 1.39. The second-order valence-corrected chi connectivity index (χ2v) is 11.3. The Labute approximate surface area is 199 Å². The van der Waals surface area contributed by atoms with Crippen LogP contribution in [0.15, 0.2) is 36.8 Å². The van der Waals surface area contributed by atoms with Crippen LogP contribution in [0, 0.1) is 5.92 Å². The van der Waals surface area contributed by atoms with Gasteiger partial charge >= 0.3 is 0 Å². The van der Waals surface area contributed by atoms with E-state index in [9.17, 15) is 13.2 Å². The summed E-state index contributed by atoms with van der Waals surface area (Å²) in [6.45, 7) is 5.00. The van der Waals surface area contributed by atoms with E-state index >= 15 is 0 Å². The number of nitrogen functional groups attached to an aromatic ring is 1. The van der Waals surface area contributed by atoms with Gasteiger partial charge < -0.3 is 15.2 Å². The number of nitrogens with two attached hydrogens (primary N) is 1. The topological polar surface area (TPSA) is 123 Å². The average Bonchev–Trinajstić information content (AvgIpc) is 3.10. The quantitative estimate of drug-likeness (QED) is 0.480. The summed E-state index contributed by atoms with van der Waals surface area (Å²) in [5.41, 5.74) is 9.78. The van der Waals surface area contributed by atoms with Crippen molar-refractivity contribution in [3.05, 3.63) is 42.4 Å². The fourth-order valence-electron chi connectivity index (χ4n) is 4.97. The van der Waals surface area contributed by atoms with E-state index in [1.165, 1.54) is 39.3 Å². The number of aromatic nitrogens is 3. The Bertz CT molecular complexity index is 1330. The van der Waals surface area contributed by atoms with E-state index < -0.39 is 21.6 Å². The van der Waals surface area contributed by atoms with Gasteiger partial charge in [-0.1, -0.05) is 18.2 Å². The van der Waals surface area contributed by atoms with Gasteiger partial charge in [0, 0.05) is 30.9 Å². The number of rotatable bonds is 9. The fraction of sp³-hybridized carbons (Fsp3) is 0.458. The van der Waals surface area contributed by atoms with Crippen LogP contribution in [0.1, 0.15) is 37.8 Å². The maximum Gasteiger partial charge on any atom is 0.219 e. The average molecular weight is 483 g/mol. The summed E-state index contributed by atoms with van der Waals surface area (Å²) in [5.74, 6) is 0.237. The van der Waals surface area contributed by atoms with Crippen molar-refractivity contribution >= 4 is 32.7 Å². The van der Waals surface area contributed by atoms with Crippen LogP contribution < -0.4 is 10.5 Å². The predicted octanol–water partition coefficient (Wildman–Crippen LogP) is 2.35. The zero-order chi connectivity index (χ0) is 23.9. The molecule has 1 aliphatic heterocycles. The van der Waals surface area contributed by atoms with Gasteiger partial charge in [0.15, 0.2) is 0 Å². The van der Waals surface area contributed by atoms with Gasteiger partial charge in [0.05, 0.1) is 5.39 Å². The van der Waals surface area contributed by atoms with Gasteiger partial charge in [-0.25, -0.2) is 23.1 Å². The molecule has 10 heteroatoms. The number of likely N-dealkylation sites (tertiary alicyclic amines) is 1. The van der Waals surface area contributed by atoms with Crippen molar-refractivity contribution in [1.29, 1.82) is 0 Å². The lowest BCUT2D eigenvalue weighted by atomic mass is 9.79. The highest BCUT2D eigenvalue weighted by atomic mass is 32.2. The molecule has 3 heterocycles. The third kappa shape index (κ3) is 4.70. The number of hydrogen-bond donors (Lipinski definition) is 2. The number of sulfonamides is 1. The third-order valence-corrected chi connectivity index (χ3v) is 8.21. The Kier molecular flexibility index (Phi) is 6.13. The minimum atomic E-state index is -3.66. The number of nitrogens with one attached hydrogen (secondary N) is 1. The number of carbonyl (C=O) groups excluding carboxylic acids is 1. The normalized spacial score (nSPS) is 20.7. The second kappa shape index (κ2) is 9.09. The van der Waals surface area contributed by atoms with Gasteiger partial charge in [-0.05, 0) is 62.4 Å². The van der Waals surface area contributed by atoms with E-state index in [4.69, 9.17) is 5.73 Å². The summed E-state index contributed by atoms with van der Waals surface area (Å²) >= 11 is 0. The Morgan fingerprint density at radius 1 is 1.24 bits per heavy atom. The van der Waals surface area contributed by atoms with Crippen LogP contribution in [0.3, 0.4) is 0 Å². The number of carbonyl (C=O) groups is 1. The Hall–Kier alpha value is -2.82. The lowest BCUT2D eigenvalue weighted by molar-refractivity contribution is -0.114. The smallest absolute Gasteiger partial charge is 0.219 e. The van der Waals surface area contributed by atoms with Crippen LogP contribution in [0.2, 0.25) is 0 Å². The SMILES string of the molecule is CC(=O)CS(=O)(=O)NCc1cccc(-c2cn(C3CC(CN4CCC4)C3)c3ncnc(N)c23)c1. The van der Waals surface area contributed by atoms with Crippen molar-refractivity contribution < 1.29 is 13.2 Å². The highest BCUT2D eigenvalue weighted by Crippen LogP contribution is 2.43. The van der Waals surface area contributed by atoms with Crippen molar-refractivity contribution in [1.82, 2.24) is 24.2 Å². The summed E-state index contributed by atoms with van der Waals surface area (Å²) in [6, 6.07) is 8.05. The number of hydrogen-bond acceptors (Lipinski definition) is 7. The van der Waals surface area contributed by atoms with Crippen LogP contribution in [-0.4, -0.2) is 59.0 Å². The molecule has 0 atom stereocenters. The van der Waals surface area contributed by atoms with Gasteiger partial charge in [-0.2, -0.15) is 0 Å². The van der Waals surface area contributed by atoms with Crippen molar-refractivity contribution in [3.8, 4) is 11.1 Å². The van der Waals surface area contributed by atoms with Crippen molar-refractivity contribution in [2.24, 2.45) is 5.92 Å². The number of anilines is 1. The molecular formula is C24H30N6O3S. The van der Waals surface area contributed by atoms with E-state index in [0.717, 1.165) is 46.5 Å². The lowest BCUT2D eigenvalue weighted by Gasteiger charge is -2.42. The van der Waals surface area contributed by atoms with E-state index in [1.807, 2.05) is 24.3 Å². The molecule has 0 spiro atoms. The minimum Gasteiger partial charge on any atom is -0.383 e. The van der Waals surface area contributed by atoms with Crippen molar-refractivity contribution in [2.45, 2.75) is 38.8 Å². The molecule has 9 nitrogen and oxygen atoms in total. The molecule has 0 amide bonds. The van der Waals surface area contributed by atoms with E-state index in [0.29, 0.717) is 11.9 Å². The summed E-state index contributed by atoms with van der Waals surface area (Å²) in [6.07, 6.45) is 7.19. The summed E-state index contributed by atoms with van der Waals surface area (Å²) in [5, 5.41) is 0.822. The minimum absolute atomic E-state index is 0.106. The zero-order valence-corrected chi connectivity index (χ0v) is 20.1. The third-order valence-electron chi connectivity index (χ3n) is 6.84. The maximum atomic E-state index is 12.1. The summed E-state index contributed by atoms with van der Waals surface area (Å²) in [7, 11) is -3.66. The molecule has 1 aliphatic carbocycles. The number of Topliss-reactive ketones (excluding diaryl/α,β-unsaturated/α-hetero) is 1. The van der Waals surface area contributed by atoms with Gasteiger partial charge in [0.1, 0.15) is 29.3 Å². The van der Waals surface area contributed by atoms with E-state index in [1.54, 1.807) is 0 Å². The second-order valence-electron chi connectivity index (χ2n) is 9.54. The molecule has 180 valence electrons. The molecule has 1 saturated heterocycles. The standard InChI is InChI=1S/C24H30N6O3S/c1-16(31)14-34(32,33)28-11-17-4-2-5-19(8-17)21-13-30(24-22(21)23(25)26-15-27-24)20-9-18(10-20)12-29-6-3-7-29/h2,4-5,8,13,15,18,20,28H,3,6-7,9-12,14H2,1H3,(H2,25,26,27). The number of ketones is 1. The molecule has 0 unspecified atom stereocenters. The lowest BCUT2D eigenvalue weighted by Crippen LogP contribution is -2.43. The molecular weight excluding hydrogens is 452 g/mol. The van der Waals surface area contributed by atoms with E-state index in [-0.39, 0.29) is 6.54 Å². The van der Waals surface area contributed by atoms with Crippen LogP contribution in [-0.2, 0) is 21.4 Å². The van der Waals surface area contributed by atoms with Crippen LogP contribution in [0.5, 0.6) is 0 Å². The highest BCUT2D eigenvalue weighted by molar-refractivity contribution is 7.90. The van der Waals surface area contributed by atoms with Crippen molar-refractivity contribution in [3.63, 3.8) is 0 Å². The van der Waals surface area contributed by atoms with Crippen LogP contribution in [0.4, 0.5) is 5.82 Å². The Morgan fingerprint density at radius 3 is 2.74 bits per heavy atom. The first-order valence-corrected chi connectivity index (χ1v) is 13.3. The van der Waals surface area contributed by atoms with Gasteiger partial charge in [0.25, 0.3) is 0 Å². The molecule has 0 bridgehead atoms. The van der Waals surface area contributed by atoms with Crippen molar-refractivity contribution in [2.75, 3.05) is 31.1 Å². The fourth-order valence-corrected chi connectivity index (χ4v) is 6.00. The predicted molar refractivity (Wildman–Crippen MR) is 132 cm³/mol. The van der Waals surface area contributed by atoms with Gasteiger partial charge in [-0.15, -0.1) is 0 Å².